The molecule has 18 heavy (non-hydrogen) atoms. The number of nitrogens with zero attached hydrogens (tertiary/aromatic N) is 1. The van der Waals surface area contributed by atoms with Gasteiger partial charge in [0.1, 0.15) is 6.29 Å². The van der Waals surface area contributed by atoms with E-state index in [9.17, 15) is 4.79 Å². The Labute approximate surface area is 113 Å². The van der Waals surface area contributed by atoms with Gasteiger partial charge in [-0.25, -0.2) is 0 Å². The van der Waals surface area contributed by atoms with Gasteiger partial charge in [0.2, 0.25) is 0 Å². The van der Waals surface area contributed by atoms with Crippen molar-refractivity contribution >= 4 is 18.0 Å². The molecule has 1 unspecified atom stereocenters. The lowest BCUT2D eigenvalue weighted by molar-refractivity contribution is -0.114. The van der Waals surface area contributed by atoms with Crippen LogP contribution in [-0.4, -0.2) is 49.8 Å². The van der Waals surface area contributed by atoms with Gasteiger partial charge in [0.25, 0.3) is 0 Å². The average molecular weight is 265 g/mol. The van der Waals surface area contributed by atoms with Gasteiger partial charge in [-0.2, -0.15) is 0 Å². The molecule has 3 nitrogen and oxygen atoms in total. The number of hydrogen-bond acceptors (Lipinski definition) is 4. The fraction of sp³-hybridized carbons (Fsp3) is 0.500. The average Bonchev–Trinajstić information content (AvgIpc) is 2.46. The van der Waals surface area contributed by atoms with Gasteiger partial charge in [0, 0.05) is 18.0 Å². The van der Waals surface area contributed by atoms with Crippen LogP contribution < -0.4 is 0 Å². The molecule has 0 saturated carbocycles. The molecule has 2 rings (SSSR count). The van der Waals surface area contributed by atoms with E-state index in [0.717, 1.165) is 39.0 Å². The molecule has 0 N–H and O–H groups in total. The summed E-state index contributed by atoms with van der Waals surface area (Å²) >= 11 is 1.73. The van der Waals surface area contributed by atoms with Crippen LogP contribution >= 0.6 is 11.8 Å². The molecule has 1 saturated heterocycles. The van der Waals surface area contributed by atoms with Gasteiger partial charge in [0.05, 0.1) is 19.3 Å². The first kappa shape index (κ1) is 13.6. The zero-order valence-corrected chi connectivity index (χ0v) is 11.5. The van der Waals surface area contributed by atoms with E-state index in [-0.39, 0.29) is 6.04 Å². The number of hydrogen-bond donors (Lipinski definition) is 0. The molecule has 0 aromatic heterocycles. The third-order valence-electron chi connectivity index (χ3n) is 3.28. The number of thioether (sulfide) groups is 1. The van der Waals surface area contributed by atoms with Gasteiger partial charge < -0.3 is 9.53 Å². The number of benzene rings is 1. The second kappa shape index (κ2) is 6.92. The van der Waals surface area contributed by atoms with Crippen molar-refractivity contribution < 1.29 is 9.53 Å². The zero-order valence-electron chi connectivity index (χ0n) is 10.7. The Hall–Kier alpha value is -0.840. The van der Waals surface area contributed by atoms with E-state index >= 15 is 0 Å². The van der Waals surface area contributed by atoms with Gasteiger partial charge in [-0.1, -0.05) is 12.1 Å². The lowest BCUT2D eigenvalue weighted by atomic mass is 10.1. The van der Waals surface area contributed by atoms with Crippen LogP contribution in [0.15, 0.2) is 29.2 Å². The quantitative estimate of drug-likeness (QED) is 0.600. The maximum Gasteiger partial charge on any atom is 0.137 e. The molecule has 0 bridgehead atoms. The Morgan fingerprint density at radius 2 is 2.00 bits per heavy atom. The number of carbonyl (C=O) groups is 1. The summed E-state index contributed by atoms with van der Waals surface area (Å²) in [6, 6.07) is 8.43. The predicted octanol–water partition coefficient (Wildman–Crippen LogP) is 1.85. The van der Waals surface area contributed by atoms with Crippen molar-refractivity contribution in [3.63, 3.8) is 0 Å². The second-order valence-corrected chi connectivity index (χ2v) is 5.28. The van der Waals surface area contributed by atoms with E-state index in [1.807, 2.05) is 0 Å². The molecule has 1 fully saturated rings. The van der Waals surface area contributed by atoms with Crippen LogP contribution in [0.2, 0.25) is 0 Å². The fourth-order valence-corrected chi connectivity index (χ4v) is 2.58. The van der Waals surface area contributed by atoms with Crippen molar-refractivity contribution in [2.24, 2.45) is 0 Å². The molecule has 1 heterocycles. The predicted molar refractivity (Wildman–Crippen MR) is 74.2 cm³/mol. The van der Waals surface area contributed by atoms with Gasteiger partial charge in [-0.15, -0.1) is 11.8 Å². The Bertz CT molecular complexity index is 374. The Balaban J connectivity index is 1.97. The fourth-order valence-electron chi connectivity index (χ4n) is 2.18. The van der Waals surface area contributed by atoms with E-state index in [2.05, 4.69) is 35.4 Å². The molecular weight excluding hydrogens is 246 g/mol. The Morgan fingerprint density at radius 1 is 1.33 bits per heavy atom. The van der Waals surface area contributed by atoms with Crippen molar-refractivity contribution in [1.82, 2.24) is 4.90 Å². The molecule has 1 aliphatic rings. The molecule has 0 amide bonds. The highest BCUT2D eigenvalue weighted by Gasteiger charge is 2.20. The van der Waals surface area contributed by atoms with Crippen molar-refractivity contribution in [2.75, 3.05) is 32.6 Å². The molecule has 0 aliphatic carbocycles. The molecule has 0 spiro atoms. The maximum absolute atomic E-state index is 11.2. The highest BCUT2D eigenvalue weighted by molar-refractivity contribution is 7.98. The summed E-state index contributed by atoms with van der Waals surface area (Å²) < 4.78 is 5.31. The largest absolute Gasteiger partial charge is 0.379 e. The van der Waals surface area contributed by atoms with Gasteiger partial charge >= 0.3 is 0 Å². The summed E-state index contributed by atoms with van der Waals surface area (Å²) in [5.74, 6) is 0. The third-order valence-corrected chi connectivity index (χ3v) is 4.02. The van der Waals surface area contributed by atoms with Crippen LogP contribution in [0.1, 0.15) is 5.56 Å². The monoisotopic (exact) mass is 265 g/mol. The molecule has 0 radical (unpaired) electrons. The molecule has 98 valence electrons. The minimum atomic E-state index is -0.0194. The Morgan fingerprint density at radius 3 is 2.56 bits per heavy atom. The van der Waals surface area contributed by atoms with Crippen LogP contribution in [0, 0.1) is 0 Å². The molecular formula is C14H19NO2S. The molecule has 1 atom stereocenters. The van der Waals surface area contributed by atoms with E-state index in [1.54, 1.807) is 11.8 Å². The third kappa shape index (κ3) is 3.57. The highest BCUT2D eigenvalue weighted by Crippen LogP contribution is 2.16. The number of carbonyl (C=O) groups excluding carboxylic acids is 1. The number of morpholine rings is 1. The molecule has 4 heteroatoms. The summed E-state index contributed by atoms with van der Waals surface area (Å²) in [6.07, 6.45) is 3.92. The first-order valence-corrected chi connectivity index (χ1v) is 7.46. The van der Waals surface area contributed by atoms with Crippen LogP contribution in [-0.2, 0) is 16.0 Å². The van der Waals surface area contributed by atoms with Crippen LogP contribution in [0.5, 0.6) is 0 Å². The van der Waals surface area contributed by atoms with E-state index in [4.69, 9.17) is 4.74 Å². The lowest BCUT2D eigenvalue weighted by Crippen LogP contribution is -2.45. The molecule has 1 aromatic rings. The van der Waals surface area contributed by atoms with Gasteiger partial charge in [-0.05, 0) is 30.4 Å². The van der Waals surface area contributed by atoms with Gasteiger partial charge in [0.15, 0.2) is 0 Å². The van der Waals surface area contributed by atoms with Crippen LogP contribution in [0.25, 0.3) is 0 Å². The van der Waals surface area contributed by atoms with Crippen molar-refractivity contribution in [1.29, 1.82) is 0 Å². The minimum absolute atomic E-state index is 0.0194. The first-order valence-electron chi connectivity index (χ1n) is 6.23. The number of aldehydes is 1. The maximum atomic E-state index is 11.2. The van der Waals surface area contributed by atoms with E-state index in [0.29, 0.717) is 0 Å². The molecule has 1 aliphatic heterocycles. The second-order valence-electron chi connectivity index (χ2n) is 4.40. The van der Waals surface area contributed by atoms with Gasteiger partial charge in [-0.3, -0.25) is 4.90 Å². The SMILES string of the molecule is CSc1ccc(CC(C=O)N2CCOCC2)cc1. The molecule has 1 aromatic carbocycles. The van der Waals surface area contributed by atoms with E-state index < -0.39 is 0 Å². The summed E-state index contributed by atoms with van der Waals surface area (Å²) in [5, 5.41) is 0. The van der Waals surface area contributed by atoms with E-state index in [1.165, 1.54) is 10.5 Å². The van der Waals surface area contributed by atoms with Crippen molar-refractivity contribution in [2.45, 2.75) is 17.4 Å². The standard InChI is InChI=1S/C14H19NO2S/c1-18-14-4-2-12(3-5-14)10-13(11-16)15-6-8-17-9-7-15/h2-5,11,13H,6-10H2,1H3. The topological polar surface area (TPSA) is 29.5 Å². The first-order chi connectivity index (χ1) is 8.83. The van der Waals surface area contributed by atoms with Crippen molar-refractivity contribution in [3.05, 3.63) is 29.8 Å². The summed E-state index contributed by atoms with van der Waals surface area (Å²) in [6.45, 7) is 3.17. The number of ether oxygens (including phenoxy) is 1. The van der Waals surface area contributed by atoms with Crippen LogP contribution in [0.4, 0.5) is 0 Å². The highest BCUT2D eigenvalue weighted by atomic mass is 32.2. The smallest absolute Gasteiger partial charge is 0.137 e. The summed E-state index contributed by atoms with van der Waals surface area (Å²) in [4.78, 5) is 14.7. The van der Waals surface area contributed by atoms with Crippen molar-refractivity contribution in [3.8, 4) is 0 Å². The summed E-state index contributed by atoms with van der Waals surface area (Å²) in [7, 11) is 0. The lowest BCUT2D eigenvalue weighted by Gasteiger charge is -2.31. The van der Waals surface area contributed by atoms with Crippen LogP contribution in [0.3, 0.4) is 0 Å². The number of rotatable bonds is 5. The zero-order chi connectivity index (χ0) is 12.8. The summed E-state index contributed by atoms with van der Waals surface area (Å²) in [5.41, 5.74) is 1.22. The Kier molecular flexibility index (Phi) is 5.23. The minimum Gasteiger partial charge on any atom is -0.379 e. The normalized spacial score (nSPS) is 18.5.